The molecule has 0 radical (unpaired) electrons. The third-order valence-corrected chi connectivity index (χ3v) is 2.50. The van der Waals surface area contributed by atoms with Crippen LogP contribution >= 0.6 is 0 Å². The normalized spacial score (nSPS) is 10.3. The van der Waals surface area contributed by atoms with E-state index in [1.54, 1.807) is 13.0 Å². The molecule has 1 N–H and O–H groups in total. The van der Waals surface area contributed by atoms with Crippen LogP contribution in [-0.4, -0.2) is 17.1 Å². The van der Waals surface area contributed by atoms with Crippen LogP contribution in [0.2, 0.25) is 0 Å². The van der Waals surface area contributed by atoms with E-state index in [4.69, 9.17) is 4.74 Å². The molecule has 4 nitrogen and oxygen atoms in total. The molecular formula is C13H13F2N3O. The van der Waals surface area contributed by atoms with Gasteiger partial charge in [0.2, 0.25) is 5.88 Å². The van der Waals surface area contributed by atoms with E-state index >= 15 is 0 Å². The number of hydrogen-bond acceptors (Lipinski definition) is 4. The predicted molar refractivity (Wildman–Crippen MR) is 67.0 cm³/mol. The van der Waals surface area contributed by atoms with Gasteiger partial charge in [0.15, 0.2) is 0 Å². The van der Waals surface area contributed by atoms with Crippen LogP contribution < -0.4 is 10.1 Å². The number of methoxy groups -OCH3 is 1. The Hall–Kier alpha value is -2.24. The zero-order valence-corrected chi connectivity index (χ0v) is 10.6. The molecule has 0 aliphatic heterocycles. The lowest BCUT2D eigenvalue weighted by Gasteiger charge is -2.08. The Morgan fingerprint density at radius 2 is 2.00 bits per heavy atom. The first-order valence-electron chi connectivity index (χ1n) is 5.66. The molecule has 0 unspecified atom stereocenters. The summed E-state index contributed by atoms with van der Waals surface area (Å²) < 4.78 is 31.2. The van der Waals surface area contributed by atoms with Crippen molar-refractivity contribution in [2.45, 2.75) is 13.5 Å². The minimum Gasteiger partial charge on any atom is -0.481 e. The van der Waals surface area contributed by atoms with Gasteiger partial charge < -0.3 is 10.1 Å². The third-order valence-electron chi connectivity index (χ3n) is 2.50. The number of aromatic nitrogens is 2. The van der Waals surface area contributed by atoms with E-state index in [0.717, 1.165) is 6.07 Å². The SMILES string of the molecule is COc1cc(NCc2ccc(F)cc2F)nc(C)n1. The van der Waals surface area contributed by atoms with Crippen molar-refractivity contribution < 1.29 is 13.5 Å². The van der Waals surface area contributed by atoms with Crippen LogP contribution in [0.25, 0.3) is 0 Å². The minimum atomic E-state index is -0.596. The highest BCUT2D eigenvalue weighted by Crippen LogP contribution is 2.15. The van der Waals surface area contributed by atoms with Crippen molar-refractivity contribution in [3.05, 3.63) is 47.3 Å². The van der Waals surface area contributed by atoms with Gasteiger partial charge in [-0.1, -0.05) is 6.07 Å². The summed E-state index contributed by atoms with van der Waals surface area (Å²) in [6.07, 6.45) is 0. The number of hydrogen-bond donors (Lipinski definition) is 1. The first-order chi connectivity index (χ1) is 9.08. The molecule has 0 fully saturated rings. The van der Waals surface area contributed by atoms with Gasteiger partial charge in [0, 0.05) is 24.2 Å². The highest BCUT2D eigenvalue weighted by Gasteiger charge is 2.05. The molecule has 1 aromatic heterocycles. The number of nitrogens with one attached hydrogen (secondary N) is 1. The molecule has 0 atom stereocenters. The van der Waals surface area contributed by atoms with Gasteiger partial charge in [-0.3, -0.25) is 0 Å². The van der Waals surface area contributed by atoms with Crippen LogP contribution in [0.5, 0.6) is 5.88 Å². The summed E-state index contributed by atoms with van der Waals surface area (Å²) in [5.41, 5.74) is 0.358. The van der Waals surface area contributed by atoms with Crippen molar-refractivity contribution in [2.75, 3.05) is 12.4 Å². The second-order valence-electron chi connectivity index (χ2n) is 3.93. The fourth-order valence-electron chi connectivity index (χ4n) is 1.59. The quantitative estimate of drug-likeness (QED) is 0.923. The average Bonchev–Trinajstić information content (AvgIpc) is 2.37. The van der Waals surface area contributed by atoms with Gasteiger partial charge in [0.1, 0.15) is 23.3 Å². The predicted octanol–water partition coefficient (Wildman–Crippen LogP) is 2.68. The highest BCUT2D eigenvalue weighted by atomic mass is 19.1. The Kier molecular flexibility index (Phi) is 3.89. The molecule has 6 heteroatoms. The summed E-state index contributed by atoms with van der Waals surface area (Å²) in [5, 5.41) is 2.94. The van der Waals surface area contributed by atoms with E-state index in [2.05, 4.69) is 15.3 Å². The monoisotopic (exact) mass is 265 g/mol. The maximum Gasteiger partial charge on any atom is 0.218 e. The number of ether oxygens (including phenoxy) is 1. The Bertz CT molecular complexity index is 590. The Morgan fingerprint density at radius 1 is 1.21 bits per heavy atom. The zero-order valence-electron chi connectivity index (χ0n) is 10.6. The highest BCUT2D eigenvalue weighted by molar-refractivity contribution is 5.39. The molecule has 1 heterocycles. The van der Waals surface area contributed by atoms with E-state index in [9.17, 15) is 8.78 Å². The van der Waals surface area contributed by atoms with Gasteiger partial charge in [-0.15, -0.1) is 0 Å². The lowest BCUT2D eigenvalue weighted by molar-refractivity contribution is 0.396. The van der Waals surface area contributed by atoms with E-state index in [1.165, 1.54) is 19.2 Å². The maximum atomic E-state index is 13.4. The Labute approximate surface area is 109 Å². The van der Waals surface area contributed by atoms with Crippen molar-refractivity contribution in [3.63, 3.8) is 0 Å². The molecule has 0 aliphatic carbocycles. The van der Waals surface area contributed by atoms with E-state index in [-0.39, 0.29) is 6.54 Å². The largest absolute Gasteiger partial charge is 0.481 e. The summed E-state index contributed by atoms with van der Waals surface area (Å²) in [4.78, 5) is 8.18. The molecule has 0 saturated carbocycles. The van der Waals surface area contributed by atoms with Crippen LogP contribution in [0, 0.1) is 18.6 Å². The van der Waals surface area contributed by atoms with Gasteiger partial charge in [-0.05, 0) is 13.0 Å². The Balaban J connectivity index is 2.12. The summed E-state index contributed by atoms with van der Waals surface area (Å²) >= 11 is 0. The van der Waals surface area contributed by atoms with Gasteiger partial charge in [-0.2, -0.15) is 4.98 Å². The zero-order chi connectivity index (χ0) is 13.8. The lowest BCUT2D eigenvalue weighted by atomic mass is 10.2. The number of rotatable bonds is 4. The van der Waals surface area contributed by atoms with E-state index in [0.29, 0.717) is 23.1 Å². The topological polar surface area (TPSA) is 47.0 Å². The number of nitrogens with zero attached hydrogens (tertiary/aromatic N) is 2. The molecule has 2 rings (SSSR count). The van der Waals surface area contributed by atoms with Crippen molar-refractivity contribution in [1.29, 1.82) is 0 Å². The maximum absolute atomic E-state index is 13.4. The Morgan fingerprint density at radius 3 is 2.68 bits per heavy atom. The van der Waals surface area contributed by atoms with Crippen LogP contribution in [0.4, 0.5) is 14.6 Å². The van der Waals surface area contributed by atoms with E-state index < -0.39 is 11.6 Å². The third kappa shape index (κ3) is 3.37. The van der Waals surface area contributed by atoms with Gasteiger partial charge in [-0.25, -0.2) is 13.8 Å². The molecule has 100 valence electrons. The molecule has 1 aromatic carbocycles. The van der Waals surface area contributed by atoms with Gasteiger partial charge in [0.05, 0.1) is 7.11 Å². The minimum absolute atomic E-state index is 0.200. The lowest BCUT2D eigenvalue weighted by Crippen LogP contribution is -2.05. The average molecular weight is 265 g/mol. The number of anilines is 1. The second kappa shape index (κ2) is 5.60. The molecule has 2 aromatic rings. The standard InChI is InChI=1S/C13H13F2N3O/c1-8-17-12(6-13(18-8)19-2)16-7-9-3-4-10(14)5-11(9)15/h3-6H,7H2,1-2H3,(H,16,17,18). The number of halogens is 2. The summed E-state index contributed by atoms with van der Waals surface area (Å²) in [7, 11) is 1.51. The van der Waals surface area contributed by atoms with Crippen LogP contribution in [0.3, 0.4) is 0 Å². The molecule has 0 bridgehead atoms. The first kappa shape index (κ1) is 13.2. The summed E-state index contributed by atoms with van der Waals surface area (Å²) in [6, 6.07) is 5.06. The number of aryl methyl sites for hydroxylation is 1. The van der Waals surface area contributed by atoms with Gasteiger partial charge >= 0.3 is 0 Å². The molecule has 0 saturated heterocycles. The summed E-state index contributed by atoms with van der Waals surface area (Å²) in [6.45, 7) is 1.93. The van der Waals surface area contributed by atoms with Crippen LogP contribution in [0.15, 0.2) is 24.3 Å². The smallest absolute Gasteiger partial charge is 0.218 e. The molecule has 19 heavy (non-hydrogen) atoms. The van der Waals surface area contributed by atoms with Crippen molar-refractivity contribution in [2.24, 2.45) is 0 Å². The van der Waals surface area contributed by atoms with Crippen molar-refractivity contribution in [3.8, 4) is 5.88 Å². The van der Waals surface area contributed by atoms with E-state index in [1.807, 2.05) is 0 Å². The fraction of sp³-hybridized carbons (Fsp3) is 0.231. The van der Waals surface area contributed by atoms with Crippen molar-refractivity contribution >= 4 is 5.82 Å². The van der Waals surface area contributed by atoms with Gasteiger partial charge in [0.25, 0.3) is 0 Å². The first-order valence-corrected chi connectivity index (χ1v) is 5.66. The molecule has 0 amide bonds. The van der Waals surface area contributed by atoms with Crippen LogP contribution in [-0.2, 0) is 6.54 Å². The molecule has 0 spiro atoms. The molecule has 0 aliphatic rings. The fourth-order valence-corrected chi connectivity index (χ4v) is 1.59. The second-order valence-corrected chi connectivity index (χ2v) is 3.93. The number of benzene rings is 1. The van der Waals surface area contributed by atoms with Crippen molar-refractivity contribution in [1.82, 2.24) is 9.97 Å². The summed E-state index contributed by atoms with van der Waals surface area (Å²) in [5.74, 6) is 0.301. The van der Waals surface area contributed by atoms with Crippen LogP contribution in [0.1, 0.15) is 11.4 Å². The molecular weight excluding hydrogens is 252 g/mol.